The Labute approximate surface area is 92.4 Å². The number of carbonyl (C=O) groups is 1. The summed E-state index contributed by atoms with van der Waals surface area (Å²) in [7, 11) is 0. The van der Waals surface area contributed by atoms with Crippen molar-refractivity contribution in [3.05, 3.63) is 35.4 Å². The van der Waals surface area contributed by atoms with E-state index in [1.807, 2.05) is 0 Å². The number of Topliss-reactive ketones (excluding diaryl/α,β-unsaturated/α-hetero) is 1. The minimum Gasteiger partial charge on any atom is -0.319 e. The molecule has 0 radical (unpaired) electrons. The van der Waals surface area contributed by atoms with Crippen molar-refractivity contribution in [1.29, 1.82) is 0 Å². The molecule has 1 unspecified atom stereocenters. The molecule has 0 bridgehead atoms. The van der Waals surface area contributed by atoms with Crippen LogP contribution in [0.2, 0.25) is 0 Å². The predicted octanol–water partition coefficient (Wildman–Crippen LogP) is 2.27. The maximum Gasteiger partial charge on any atom is 0.182 e. The molecule has 4 heteroatoms. The van der Waals surface area contributed by atoms with Crippen LogP contribution in [0.25, 0.3) is 0 Å². The van der Waals surface area contributed by atoms with Crippen molar-refractivity contribution in [3.8, 4) is 0 Å². The Kier molecular flexibility index (Phi) is 2.54. The second-order valence-corrected chi connectivity index (χ2v) is 4.51. The quantitative estimate of drug-likeness (QED) is 0.802. The van der Waals surface area contributed by atoms with Gasteiger partial charge in [0.2, 0.25) is 0 Å². The molecule has 2 N–H and O–H groups in total. The maximum atomic E-state index is 13.0. The summed E-state index contributed by atoms with van der Waals surface area (Å²) >= 11 is 0. The molecule has 2 rings (SSSR count). The molecule has 1 aliphatic rings. The number of hydrogen-bond acceptors (Lipinski definition) is 2. The Balaban J connectivity index is 2.30. The second kappa shape index (κ2) is 3.63. The van der Waals surface area contributed by atoms with Gasteiger partial charge in [-0.2, -0.15) is 0 Å². The first-order chi connectivity index (χ1) is 7.43. The van der Waals surface area contributed by atoms with E-state index in [1.54, 1.807) is 6.92 Å². The summed E-state index contributed by atoms with van der Waals surface area (Å²) in [6.07, 6.45) is 1.84. The molecule has 0 heterocycles. The number of ketones is 1. The number of benzene rings is 1. The van der Waals surface area contributed by atoms with Crippen LogP contribution in [0.5, 0.6) is 0 Å². The third kappa shape index (κ3) is 1.85. The number of nitrogens with two attached hydrogens (primary N) is 1. The van der Waals surface area contributed by atoms with Crippen molar-refractivity contribution < 1.29 is 13.6 Å². The van der Waals surface area contributed by atoms with Crippen LogP contribution >= 0.6 is 0 Å². The van der Waals surface area contributed by atoms with Gasteiger partial charge in [-0.05, 0) is 43.9 Å². The Morgan fingerprint density at radius 1 is 1.38 bits per heavy atom. The van der Waals surface area contributed by atoms with E-state index in [-0.39, 0.29) is 17.3 Å². The number of hydrogen-bond donors (Lipinski definition) is 1. The topological polar surface area (TPSA) is 43.1 Å². The Hall–Kier alpha value is -1.29. The summed E-state index contributed by atoms with van der Waals surface area (Å²) in [5.74, 6) is -2.14. The molecule has 1 atom stereocenters. The zero-order valence-electron chi connectivity index (χ0n) is 8.97. The fraction of sp³-hybridized carbons (Fsp3) is 0.417. The Bertz CT molecular complexity index is 439. The van der Waals surface area contributed by atoms with Gasteiger partial charge in [0.15, 0.2) is 17.4 Å². The molecule has 0 aliphatic heterocycles. The minimum absolute atomic E-state index is 0.135. The van der Waals surface area contributed by atoms with Crippen LogP contribution in [-0.2, 0) is 0 Å². The SMILES string of the molecule is CC(N)(C(=O)c1ccc(F)c(F)c1)C1CC1. The van der Waals surface area contributed by atoms with Gasteiger partial charge in [0.1, 0.15) is 0 Å². The van der Waals surface area contributed by atoms with Crippen molar-refractivity contribution in [1.82, 2.24) is 0 Å². The summed E-state index contributed by atoms with van der Waals surface area (Å²) < 4.78 is 25.7. The van der Waals surface area contributed by atoms with E-state index >= 15 is 0 Å². The molecular formula is C12H13F2NO. The fourth-order valence-corrected chi connectivity index (χ4v) is 1.82. The minimum atomic E-state index is -1.02. The first-order valence-electron chi connectivity index (χ1n) is 5.21. The third-order valence-electron chi connectivity index (χ3n) is 3.10. The van der Waals surface area contributed by atoms with Crippen LogP contribution in [0.15, 0.2) is 18.2 Å². The van der Waals surface area contributed by atoms with E-state index in [2.05, 4.69) is 0 Å². The summed E-state index contributed by atoms with van der Waals surface area (Å²) in [6.45, 7) is 1.65. The van der Waals surface area contributed by atoms with Crippen LogP contribution in [0.1, 0.15) is 30.1 Å². The lowest BCUT2D eigenvalue weighted by atomic mass is 9.87. The van der Waals surface area contributed by atoms with Crippen molar-refractivity contribution in [2.24, 2.45) is 11.7 Å². The zero-order valence-corrected chi connectivity index (χ0v) is 8.97. The second-order valence-electron chi connectivity index (χ2n) is 4.51. The zero-order chi connectivity index (χ0) is 11.9. The highest BCUT2D eigenvalue weighted by molar-refractivity contribution is 6.03. The third-order valence-corrected chi connectivity index (χ3v) is 3.10. The van der Waals surface area contributed by atoms with Gasteiger partial charge in [-0.3, -0.25) is 4.79 Å². The van der Waals surface area contributed by atoms with E-state index < -0.39 is 17.2 Å². The summed E-state index contributed by atoms with van der Waals surface area (Å²) in [5.41, 5.74) is 5.09. The van der Waals surface area contributed by atoms with Crippen molar-refractivity contribution in [2.75, 3.05) is 0 Å². The summed E-state index contributed by atoms with van der Waals surface area (Å²) in [4.78, 5) is 12.0. The Morgan fingerprint density at radius 3 is 2.50 bits per heavy atom. The molecule has 1 aromatic rings. The van der Waals surface area contributed by atoms with Gasteiger partial charge in [-0.15, -0.1) is 0 Å². The standard InChI is InChI=1S/C12H13F2NO/c1-12(15,8-3-4-8)11(16)7-2-5-9(13)10(14)6-7/h2,5-6,8H,3-4,15H2,1H3. The molecule has 86 valence electrons. The number of rotatable bonds is 3. The average molecular weight is 225 g/mol. The molecule has 2 nitrogen and oxygen atoms in total. The predicted molar refractivity (Wildman–Crippen MR) is 56.0 cm³/mol. The van der Waals surface area contributed by atoms with Gasteiger partial charge < -0.3 is 5.73 Å². The molecule has 0 spiro atoms. The van der Waals surface area contributed by atoms with Crippen LogP contribution in [0, 0.1) is 17.6 Å². The summed E-state index contributed by atoms with van der Waals surface area (Å²) in [5, 5.41) is 0. The van der Waals surface area contributed by atoms with Crippen LogP contribution in [0.3, 0.4) is 0 Å². The molecule has 1 saturated carbocycles. The molecule has 0 saturated heterocycles. The van der Waals surface area contributed by atoms with Crippen molar-refractivity contribution in [2.45, 2.75) is 25.3 Å². The highest BCUT2D eigenvalue weighted by Crippen LogP contribution is 2.39. The normalized spacial score (nSPS) is 19.2. The van der Waals surface area contributed by atoms with Crippen LogP contribution < -0.4 is 5.73 Å². The maximum absolute atomic E-state index is 13.0. The molecule has 1 fully saturated rings. The van der Waals surface area contributed by atoms with Crippen LogP contribution in [0.4, 0.5) is 8.78 Å². The highest BCUT2D eigenvalue weighted by atomic mass is 19.2. The number of halogens is 2. The van der Waals surface area contributed by atoms with Gasteiger partial charge >= 0.3 is 0 Å². The lowest BCUT2D eigenvalue weighted by Gasteiger charge is -2.22. The lowest BCUT2D eigenvalue weighted by molar-refractivity contribution is 0.0882. The van der Waals surface area contributed by atoms with E-state index in [9.17, 15) is 13.6 Å². The molecular weight excluding hydrogens is 212 g/mol. The van der Waals surface area contributed by atoms with E-state index in [1.165, 1.54) is 6.07 Å². The van der Waals surface area contributed by atoms with Crippen LogP contribution in [-0.4, -0.2) is 11.3 Å². The van der Waals surface area contributed by atoms with Gasteiger partial charge in [-0.1, -0.05) is 0 Å². The van der Waals surface area contributed by atoms with E-state index in [0.29, 0.717) is 0 Å². The monoisotopic (exact) mass is 225 g/mol. The van der Waals surface area contributed by atoms with Crippen molar-refractivity contribution in [3.63, 3.8) is 0 Å². The average Bonchev–Trinajstić information content (AvgIpc) is 3.04. The first kappa shape index (κ1) is 11.2. The molecule has 0 aromatic heterocycles. The molecule has 0 amide bonds. The van der Waals surface area contributed by atoms with Crippen molar-refractivity contribution >= 4 is 5.78 Å². The van der Waals surface area contributed by atoms with E-state index in [4.69, 9.17) is 5.73 Å². The lowest BCUT2D eigenvalue weighted by Crippen LogP contribution is -2.47. The molecule has 1 aromatic carbocycles. The number of carbonyl (C=O) groups excluding carboxylic acids is 1. The Morgan fingerprint density at radius 2 is 2.00 bits per heavy atom. The van der Waals surface area contributed by atoms with Gasteiger partial charge in [0.25, 0.3) is 0 Å². The molecule has 1 aliphatic carbocycles. The first-order valence-corrected chi connectivity index (χ1v) is 5.21. The van der Waals surface area contributed by atoms with Gasteiger partial charge in [0.05, 0.1) is 5.54 Å². The molecule has 16 heavy (non-hydrogen) atoms. The van der Waals surface area contributed by atoms with E-state index in [0.717, 1.165) is 25.0 Å². The van der Waals surface area contributed by atoms with Gasteiger partial charge in [0, 0.05) is 5.56 Å². The largest absolute Gasteiger partial charge is 0.319 e. The van der Waals surface area contributed by atoms with Gasteiger partial charge in [-0.25, -0.2) is 8.78 Å². The smallest absolute Gasteiger partial charge is 0.182 e. The fourth-order valence-electron chi connectivity index (χ4n) is 1.82. The highest BCUT2D eigenvalue weighted by Gasteiger charge is 2.44. The summed E-state index contributed by atoms with van der Waals surface area (Å²) in [6, 6.07) is 3.13.